The van der Waals surface area contributed by atoms with Gasteiger partial charge in [0.2, 0.25) is 0 Å². The zero-order valence-electron chi connectivity index (χ0n) is 10.3. The number of aliphatic carboxylic acids is 1. The van der Waals surface area contributed by atoms with Crippen LogP contribution in [0.3, 0.4) is 0 Å². The summed E-state index contributed by atoms with van der Waals surface area (Å²) in [5.74, 6) is -2.76. The van der Waals surface area contributed by atoms with Gasteiger partial charge in [-0.25, -0.2) is 4.79 Å². The maximum Gasteiger partial charge on any atom is 0.490 e. The van der Waals surface area contributed by atoms with E-state index in [1.807, 2.05) is 18.2 Å². The third kappa shape index (κ3) is 5.29. The van der Waals surface area contributed by atoms with Crippen molar-refractivity contribution in [1.82, 2.24) is 8.75 Å². The zero-order valence-corrected chi connectivity index (χ0v) is 11.8. The molecule has 21 heavy (non-hydrogen) atoms. The highest BCUT2D eigenvalue weighted by atomic mass is 35.5. The zero-order chi connectivity index (χ0) is 16.0. The highest BCUT2D eigenvalue weighted by Crippen LogP contribution is 2.24. The number of hydrogen-bond acceptors (Lipinski definition) is 5. The van der Waals surface area contributed by atoms with E-state index in [1.165, 1.54) is 11.7 Å². The van der Waals surface area contributed by atoms with Gasteiger partial charge in [-0.1, -0.05) is 17.7 Å². The average Bonchev–Trinajstić information content (AvgIpc) is 2.92. The van der Waals surface area contributed by atoms with Gasteiger partial charge in [-0.15, -0.1) is 0 Å². The molecular formula is C11H9ClF3N3O2S. The van der Waals surface area contributed by atoms with Gasteiger partial charge in [-0.3, -0.25) is 0 Å². The molecule has 0 aliphatic rings. The summed E-state index contributed by atoms with van der Waals surface area (Å²) >= 11 is 7.05. The minimum absolute atomic E-state index is 0.452. The molecule has 2 rings (SSSR count). The van der Waals surface area contributed by atoms with Gasteiger partial charge in [-0.2, -0.15) is 21.9 Å². The summed E-state index contributed by atoms with van der Waals surface area (Å²) in [4.78, 5) is 8.90. The molecule has 0 atom stereocenters. The summed E-state index contributed by atoms with van der Waals surface area (Å²) in [6, 6.07) is 5.60. The van der Waals surface area contributed by atoms with Gasteiger partial charge in [0, 0.05) is 17.1 Å². The van der Waals surface area contributed by atoms with Crippen molar-refractivity contribution < 1.29 is 23.1 Å². The fourth-order valence-electron chi connectivity index (χ4n) is 1.26. The molecule has 1 aromatic heterocycles. The molecule has 0 aliphatic carbocycles. The number of carboxylic acid groups (broad SMARTS) is 1. The minimum atomic E-state index is -5.08. The SMILES string of the molecule is NCc1cc(Cl)ccc1-c1cnsn1.O=C(O)C(F)(F)F. The molecule has 0 fully saturated rings. The number of alkyl halides is 3. The van der Waals surface area contributed by atoms with Crippen LogP contribution in [-0.2, 0) is 11.3 Å². The van der Waals surface area contributed by atoms with Gasteiger partial charge in [0.15, 0.2) is 0 Å². The van der Waals surface area contributed by atoms with Crippen LogP contribution >= 0.6 is 23.3 Å². The van der Waals surface area contributed by atoms with Gasteiger partial charge < -0.3 is 10.8 Å². The first-order valence-corrected chi connectivity index (χ1v) is 6.43. The van der Waals surface area contributed by atoms with Crippen molar-refractivity contribution in [3.8, 4) is 11.3 Å². The Hall–Kier alpha value is -1.71. The second-order valence-electron chi connectivity index (χ2n) is 3.60. The van der Waals surface area contributed by atoms with Crippen LogP contribution in [0.5, 0.6) is 0 Å². The quantitative estimate of drug-likeness (QED) is 0.878. The molecule has 2 aromatic rings. The summed E-state index contributed by atoms with van der Waals surface area (Å²) < 4.78 is 39.8. The standard InChI is InChI=1S/C9H8ClN3S.C2HF3O2/c10-7-1-2-8(6(3-7)4-11)9-5-12-14-13-9;3-2(4,5)1(6)7/h1-3,5H,4,11H2;(H,6,7). The summed E-state index contributed by atoms with van der Waals surface area (Å²) in [5.41, 5.74) is 8.47. The minimum Gasteiger partial charge on any atom is -0.475 e. The van der Waals surface area contributed by atoms with Crippen molar-refractivity contribution in [2.75, 3.05) is 0 Å². The number of benzene rings is 1. The lowest BCUT2D eigenvalue weighted by molar-refractivity contribution is -0.192. The van der Waals surface area contributed by atoms with Crippen LogP contribution in [0.4, 0.5) is 13.2 Å². The topological polar surface area (TPSA) is 89.1 Å². The largest absolute Gasteiger partial charge is 0.490 e. The Morgan fingerprint density at radius 2 is 2.05 bits per heavy atom. The Balaban J connectivity index is 0.000000270. The monoisotopic (exact) mass is 339 g/mol. The molecule has 3 N–H and O–H groups in total. The number of nitrogens with two attached hydrogens (primary N) is 1. The number of rotatable bonds is 2. The fraction of sp³-hybridized carbons (Fsp3) is 0.182. The molecule has 5 nitrogen and oxygen atoms in total. The molecule has 0 radical (unpaired) electrons. The van der Waals surface area contributed by atoms with Gasteiger partial charge in [0.1, 0.15) is 5.69 Å². The third-order valence-corrected chi connectivity index (χ3v) is 2.88. The maximum absolute atomic E-state index is 10.6. The van der Waals surface area contributed by atoms with E-state index in [-0.39, 0.29) is 0 Å². The van der Waals surface area contributed by atoms with Crippen LogP contribution < -0.4 is 5.73 Å². The number of nitrogens with zero attached hydrogens (tertiary/aromatic N) is 2. The fourth-order valence-corrected chi connectivity index (χ4v) is 1.89. The van der Waals surface area contributed by atoms with Crippen LogP contribution in [0.25, 0.3) is 11.3 Å². The van der Waals surface area contributed by atoms with Gasteiger partial charge in [0.05, 0.1) is 17.9 Å². The van der Waals surface area contributed by atoms with Gasteiger partial charge in [0.25, 0.3) is 0 Å². The van der Waals surface area contributed by atoms with Gasteiger partial charge >= 0.3 is 12.1 Å². The maximum atomic E-state index is 10.6. The van der Waals surface area contributed by atoms with E-state index in [9.17, 15) is 13.2 Å². The second kappa shape index (κ2) is 7.34. The van der Waals surface area contributed by atoms with E-state index in [2.05, 4.69) is 8.75 Å². The number of carbonyl (C=O) groups is 1. The predicted octanol–water partition coefficient (Wildman–Crippen LogP) is 2.95. The molecule has 0 bridgehead atoms. The van der Waals surface area contributed by atoms with Crippen LogP contribution in [-0.4, -0.2) is 26.0 Å². The highest BCUT2D eigenvalue weighted by Gasteiger charge is 2.38. The first-order valence-electron chi connectivity index (χ1n) is 5.32. The molecule has 10 heteroatoms. The number of aromatic nitrogens is 2. The highest BCUT2D eigenvalue weighted by molar-refractivity contribution is 6.99. The molecule has 1 heterocycles. The van der Waals surface area contributed by atoms with E-state index in [0.717, 1.165) is 16.8 Å². The Morgan fingerprint density at radius 3 is 2.48 bits per heavy atom. The van der Waals surface area contributed by atoms with Crippen molar-refractivity contribution >= 4 is 29.3 Å². The molecule has 0 amide bonds. The average molecular weight is 340 g/mol. The van der Waals surface area contributed by atoms with Crippen molar-refractivity contribution in [3.05, 3.63) is 35.0 Å². The van der Waals surface area contributed by atoms with Crippen LogP contribution in [0.1, 0.15) is 5.56 Å². The Morgan fingerprint density at radius 1 is 1.43 bits per heavy atom. The van der Waals surface area contributed by atoms with Crippen LogP contribution in [0.15, 0.2) is 24.4 Å². The third-order valence-electron chi connectivity index (χ3n) is 2.17. The summed E-state index contributed by atoms with van der Waals surface area (Å²) in [6.07, 6.45) is -3.35. The van der Waals surface area contributed by atoms with E-state index in [1.54, 1.807) is 6.20 Å². The van der Waals surface area contributed by atoms with Gasteiger partial charge in [-0.05, 0) is 17.7 Å². The number of carboxylic acids is 1. The van der Waals surface area contributed by atoms with Crippen molar-refractivity contribution in [1.29, 1.82) is 0 Å². The summed E-state index contributed by atoms with van der Waals surface area (Å²) in [5, 5.41) is 7.82. The lowest BCUT2D eigenvalue weighted by Gasteiger charge is -2.04. The van der Waals surface area contributed by atoms with Crippen molar-refractivity contribution in [3.63, 3.8) is 0 Å². The van der Waals surface area contributed by atoms with E-state index >= 15 is 0 Å². The van der Waals surface area contributed by atoms with Crippen LogP contribution in [0, 0.1) is 0 Å². The molecule has 1 aromatic carbocycles. The molecule has 114 valence electrons. The Bertz CT molecular complexity index is 605. The van der Waals surface area contributed by atoms with Crippen molar-refractivity contribution in [2.45, 2.75) is 12.7 Å². The molecular weight excluding hydrogens is 331 g/mol. The Labute approximate surface area is 126 Å². The van der Waals surface area contributed by atoms with E-state index in [0.29, 0.717) is 11.6 Å². The molecule has 0 spiro atoms. The second-order valence-corrected chi connectivity index (χ2v) is 4.59. The molecule has 0 unspecified atom stereocenters. The summed E-state index contributed by atoms with van der Waals surface area (Å²) in [7, 11) is 0. The van der Waals surface area contributed by atoms with Crippen molar-refractivity contribution in [2.24, 2.45) is 5.73 Å². The van der Waals surface area contributed by atoms with Crippen LogP contribution in [0.2, 0.25) is 5.02 Å². The molecule has 0 saturated carbocycles. The summed E-state index contributed by atoms with van der Waals surface area (Å²) in [6.45, 7) is 0.452. The lowest BCUT2D eigenvalue weighted by Crippen LogP contribution is -2.21. The molecule has 0 saturated heterocycles. The predicted molar refractivity (Wildman–Crippen MR) is 71.9 cm³/mol. The lowest BCUT2D eigenvalue weighted by atomic mass is 10.1. The normalized spacial score (nSPS) is 10.7. The van der Waals surface area contributed by atoms with E-state index in [4.69, 9.17) is 27.2 Å². The smallest absolute Gasteiger partial charge is 0.475 e. The number of halogens is 4. The Kier molecular flexibility index (Phi) is 6.06. The van der Waals surface area contributed by atoms with E-state index < -0.39 is 12.1 Å². The number of hydrogen-bond donors (Lipinski definition) is 2. The first kappa shape index (κ1) is 17.3. The first-order chi connectivity index (χ1) is 9.75. The molecule has 0 aliphatic heterocycles.